The Labute approximate surface area is 198 Å². The largest absolute Gasteiger partial charge is 0.490 e. The van der Waals surface area contributed by atoms with Gasteiger partial charge in [0.2, 0.25) is 17.6 Å². The molecule has 2 heterocycles. The Hall–Kier alpha value is -3.26. The van der Waals surface area contributed by atoms with Crippen molar-refractivity contribution in [1.29, 1.82) is 0 Å². The molecular weight excluding hydrogens is 435 g/mol. The molecule has 178 valence electrons. The van der Waals surface area contributed by atoms with E-state index >= 15 is 0 Å². The average molecular weight is 465 g/mol. The fourth-order valence-corrected chi connectivity index (χ4v) is 4.70. The number of benzene rings is 2. The minimum Gasteiger partial charge on any atom is -0.490 e. The van der Waals surface area contributed by atoms with E-state index < -0.39 is 0 Å². The molecule has 1 unspecified atom stereocenters. The van der Waals surface area contributed by atoms with Gasteiger partial charge in [-0.3, -0.25) is 9.69 Å². The number of hydrogen-bond acceptors (Lipinski definition) is 6. The zero-order valence-electron chi connectivity index (χ0n) is 19.1. The summed E-state index contributed by atoms with van der Waals surface area (Å²) >= 11 is 0. The molecule has 3 aromatic rings. The maximum atomic E-state index is 13.1. The first-order chi connectivity index (χ1) is 16.6. The summed E-state index contributed by atoms with van der Waals surface area (Å²) in [6, 6.07) is 13.6. The number of nitrogens with one attached hydrogen (secondary N) is 1. The Morgan fingerprint density at radius 1 is 1.06 bits per heavy atom. The molecule has 5 rings (SSSR count). The van der Waals surface area contributed by atoms with Gasteiger partial charge in [0.1, 0.15) is 11.6 Å². The average Bonchev–Trinajstić information content (AvgIpc) is 3.53. The molecule has 2 aliphatic rings. The van der Waals surface area contributed by atoms with Gasteiger partial charge >= 0.3 is 0 Å². The van der Waals surface area contributed by atoms with Crippen molar-refractivity contribution in [1.82, 2.24) is 15.0 Å². The number of hydrogen-bond donors (Lipinski definition) is 1. The number of halogens is 1. The van der Waals surface area contributed by atoms with Crippen LogP contribution < -0.4 is 10.1 Å². The molecule has 1 aliphatic carbocycles. The van der Waals surface area contributed by atoms with Gasteiger partial charge in [-0.15, -0.1) is 0 Å². The first-order valence-corrected chi connectivity index (χ1v) is 12.0. The van der Waals surface area contributed by atoms with Crippen LogP contribution in [0.15, 0.2) is 53.1 Å². The molecule has 2 fully saturated rings. The Kier molecular flexibility index (Phi) is 6.85. The summed E-state index contributed by atoms with van der Waals surface area (Å²) in [5, 5.41) is 7.05. The van der Waals surface area contributed by atoms with Gasteiger partial charge in [-0.1, -0.05) is 5.16 Å². The number of aromatic nitrogens is 2. The number of nitrogens with zero attached hydrogens (tertiary/aromatic N) is 3. The van der Waals surface area contributed by atoms with E-state index in [-0.39, 0.29) is 17.6 Å². The maximum Gasteiger partial charge on any atom is 0.241 e. The molecule has 2 aromatic carbocycles. The highest BCUT2D eigenvalue weighted by atomic mass is 19.1. The van der Waals surface area contributed by atoms with Gasteiger partial charge in [-0.05, 0) is 93.6 Å². The van der Waals surface area contributed by atoms with Crippen molar-refractivity contribution < 1.29 is 18.4 Å². The van der Waals surface area contributed by atoms with E-state index in [2.05, 4.69) is 20.4 Å². The predicted molar refractivity (Wildman–Crippen MR) is 126 cm³/mol. The lowest BCUT2D eigenvalue weighted by atomic mass is 9.97. The van der Waals surface area contributed by atoms with Gasteiger partial charge in [0.05, 0.1) is 18.6 Å². The van der Waals surface area contributed by atoms with Crippen molar-refractivity contribution >= 4 is 11.6 Å². The number of carbonyl (C=O) groups excluding carboxylic acids is 1. The number of likely N-dealkylation sites (tertiary alicyclic amines) is 1. The van der Waals surface area contributed by atoms with Crippen LogP contribution in [0.3, 0.4) is 0 Å². The smallest absolute Gasteiger partial charge is 0.241 e. The molecule has 1 N–H and O–H groups in total. The van der Waals surface area contributed by atoms with Crippen molar-refractivity contribution in [2.75, 3.05) is 18.4 Å². The fourth-order valence-electron chi connectivity index (χ4n) is 4.70. The van der Waals surface area contributed by atoms with Crippen LogP contribution in [0, 0.1) is 11.7 Å². The van der Waals surface area contributed by atoms with Crippen LogP contribution in [-0.4, -0.2) is 40.1 Å². The molecule has 0 bridgehead atoms. The maximum absolute atomic E-state index is 13.1. The van der Waals surface area contributed by atoms with E-state index in [1.54, 1.807) is 12.1 Å². The number of rotatable bonds is 7. The predicted octanol–water partition coefficient (Wildman–Crippen LogP) is 5.05. The Bertz CT molecular complexity index is 1090. The number of amides is 1. The SMILES string of the molecule is O=C(Nc1ccc(OC2CCCC2)cc1)C1CCCN(Cc2nc(-c3ccc(F)cc3)no2)C1. The van der Waals surface area contributed by atoms with Crippen LogP contribution in [0.5, 0.6) is 5.75 Å². The van der Waals surface area contributed by atoms with Crippen molar-refractivity contribution in [3.05, 3.63) is 60.2 Å². The topological polar surface area (TPSA) is 80.5 Å². The molecule has 1 saturated heterocycles. The lowest BCUT2D eigenvalue weighted by Crippen LogP contribution is -2.40. The Balaban J connectivity index is 1.13. The highest BCUT2D eigenvalue weighted by Gasteiger charge is 2.27. The standard InChI is InChI=1S/C26H29FN4O3/c27-20-9-7-18(8-10-20)25-29-24(34-30-25)17-31-15-3-4-19(16-31)26(32)28-21-11-13-23(14-12-21)33-22-5-1-2-6-22/h7-14,19,22H,1-6,15-17H2,(H,28,32). The molecule has 1 saturated carbocycles. The minimum atomic E-state index is -0.307. The molecule has 34 heavy (non-hydrogen) atoms. The van der Waals surface area contributed by atoms with Crippen molar-refractivity contribution in [3.8, 4) is 17.1 Å². The van der Waals surface area contributed by atoms with E-state index in [0.717, 1.165) is 43.7 Å². The van der Waals surface area contributed by atoms with Crippen LogP contribution in [0.1, 0.15) is 44.4 Å². The summed E-state index contributed by atoms with van der Waals surface area (Å²) in [5.74, 6) is 1.38. The lowest BCUT2D eigenvalue weighted by Gasteiger charge is -2.30. The van der Waals surface area contributed by atoms with Crippen LogP contribution in [0.25, 0.3) is 11.4 Å². The van der Waals surface area contributed by atoms with Gasteiger partial charge in [0.25, 0.3) is 0 Å². The van der Waals surface area contributed by atoms with E-state index in [1.165, 1.54) is 25.0 Å². The summed E-state index contributed by atoms with van der Waals surface area (Å²) in [7, 11) is 0. The van der Waals surface area contributed by atoms with E-state index in [1.807, 2.05) is 24.3 Å². The van der Waals surface area contributed by atoms with Gasteiger partial charge in [0.15, 0.2) is 0 Å². The van der Waals surface area contributed by atoms with Crippen LogP contribution >= 0.6 is 0 Å². The number of anilines is 1. The molecule has 0 spiro atoms. The minimum absolute atomic E-state index is 0.0201. The first kappa shape index (κ1) is 22.5. The fraction of sp³-hybridized carbons (Fsp3) is 0.423. The van der Waals surface area contributed by atoms with Gasteiger partial charge < -0.3 is 14.6 Å². The third-order valence-electron chi connectivity index (χ3n) is 6.53. The van der Waals surface area contributed by atoms with Crippen molar-refractivity contribution in [2.24, 2.45) is 5.92 Å². The van der Waals surface area contributed by atoms with Gasteiger partial charge in [-0.2, -0.15) is 4.98 Å². The van der Waals surface area contributed by atoms with Crippen LogP contribution in [0.2, 0.25) is 0 Å². The van der Waals surface area contributed by atoms with Crippen molar-refractivity contribution in [2.45, 2.75) is 51.2 Å². The van der Waals surface area contributed by atoms with E-state index in [0.29, 0.717) is 36.5 Å². The molecule has 1 aromatic heterocycles. The van der Waals surface area contributed by atoms with Crippen LogP contribution in [-0.2, 0) is 11.3 Å². The molecule has 1 aliphatic heterocycles. The zero-order chi connectivity index (χ0) is 23.3. The second-order valence-electron chi connectivity index (χ2n) is 9.13. The lowest BCUT2D eigenvalue weighted by molar-refractivity contribution is -0.121. The highest BCUT2D eigenvalue weighted by molar-refractivity contribution is 5.92. The van der Waals surface area contributed by atoms with Gasteiger partial charge in [0, 0.05) is 17.8 Å². The normalized spacial score (nSPS) is 19.3. The monoisotopic (exact) mass is 464 g/mol. The van der Waals surface area contributed by atoms with Gasteiger partial charge in [-0.25, -0.2) is 4.39 Å². The molecule has 7 nitrogen and oxygen atoms in total. The summed E-state index contributed by atoms with van der Waals surface area (Å²) < 4.78 is 24.5. The summed E-state index contributed by atoms with van der Waals surface area (Å²) in [6.07, 6.45) is 6.79. The first-order valence-electron chi connectivity index (χ1n) is 12.0. The number of ether oxygens (including phenoxy) is 1. The number of carbonyl (C=O) groups is 1. The third-order valence-corrected chi connectivity index (χ3v) is 6.53. The number of piperidine rings is 1. The second kappa shape index (κ2) is 10.3. The zero-order valence-corrected chi connectivity index (χ0v) is 19.1. The summed E-state index contributed by atoms with van der Waals surface area (Å²) in [5.41, 5.74) is 1.48. The molecule has 0 radical (unpaired) electrons. The van der Waals surface area contributed by atoms with E-state index in [4.69, 9.17) is 9.26 Å². The Morgan fingerprint density at radius 3 is 2.59 bits per heavy atom. The molecule has 1 amide bonds. The highest BCUT2D eigenvalue weighted by Crippen LogP contribution is 2.26. The van der Waals surface area contributed by atoms with E-state index in [9.17, 15) is 9.18 Å². The summed E-state index contributed by atoms with van der Waals surface area (Å²) in [4.78, 5) is 19.5. The quantitative estimate of drug-likeness (QED) is 0.527. The molecule has 1 atom stereocenters. The molecular formula is C26H29FN4O3. The summed E-state index contributed by atoms with van der Waals surface area (Å²) in [6.45, 7) is 1.97. The Morgan fingerprint density at radius 2 is 1.82 bits per heavy atom. The van der Waals surface area contributed by atoms with Crippen LogP contribution in [0.4, 0.5) is 10.1 Å². The molecule has 8 heteroatoms. The van der Waals surface area contributed by atoms with Crippen molar-refractivity contribution in [3.63, 3.8) is 0 Å². The third kappa shape index (κ3) is 5.62. The second-order valence-corrected chi connectivity index (χ2v) is 9.13.